The highest BCUT2D eigenvalue weighted by Gasteiger charge is 2.45. The first-order chi connectivity index (χ1) is 14.1. The van der Waals surface area contributed by atoms with Crippen molar-refractivity contribution in [2.75, 3.05) is 6.61 Å². The van der Waals surface area contributed by atoms with Crippen molar-refractivity contribution in [3.63, 3.8) is 0 Å². The summed E-state index contributed by atoms with van der Waals surface area (Å²) in [7, 11) is 0. The van der Waals surface area contributed by atoms with Crippen molar-refractivity contribution in [1.29, 1.82) is 0 Å². The topological polar surface area (TPSA) is 78.5 Å². The van der Waals surface area contributed by atoms with Gasteiger partial charge in [0.15, 0.2) is 11.6 Å². The van der Waals surface area contributed by atoms with Crippen molar-refractivity contribution in [3.05, 3.63) is 76.8 Å². The molecule has 2 aliphatic rings. The van der Waals surface area contributed by atoms with Crippen molar-refractivity contribution >= 4 is 18.0 Å². The molecule has 2 bridgehead atoms. The third-order valence-corrected chi connectivity index (χ3v) is 5.70. The Bertz CT molecular complexity index is 1100. The highest BCUT2D eigenvalue weighted by atomic mass is 32.1. The number of hydrogen-bond donors (Lipinski definition) is 1. The molecule has 2 fully saturated rings. The standard InChI is InChI=1S/C21H19N3O4S/c25-16-11-15(17-12-27-20(16)28-17)24-21(29)23(14-9-5-2-6-10-14)19(22-24)18(26)13-7-3-1-4-8-13/h1-10,15,17-18,20,26H,11-12H2. The lowest BCUT2D eigenvalue weighted by Gasteiger charge is -2.26. The van der Waals surface area contributed by atoms with Crippen LogP contribution in [-0.4, -0.2) is 44.2 Å². The molecule has 0 saturated carbocycles. The molecule has 4 atom stereocenters. The second-order valence-electron chi connectivity index (χ2n) is 7.15. The molecule has 1 aromatic heterocycles. The third-order valence-electron chi connectivity index (χ3n) is 5.33. The molecule has 0 aliphatic carbocycles. The zero-order chi connectivity index (χ0) is 20.0. The zero-order valence-electron chi connectivity index (χ0n) is 15.4. The van der Waals surface area contributed by atoms with Crippen LogP contribution >= 0.6 is 12.2 Å². The van der Waals surface area contributed by atoms with Crippen molar-refractivity contribution in [3.8, 4) is 5.69 Å². The SMILES string of the molecule is O=C1CC(n2nc(C(O)c3ccccc3)n(-c3ccccc3)c2=S)C2COC1O2. The van der Waals surface area contributed by atoms with E-state index < -0.39 is 12.4 Å². The van der Waals surface area contributed by atoms with Crippen LogP contribution in [-0.2, 0) is 14.3 Å². The number of fused-ring (bicyclic) bond motifs is 2. The van der Waals surface area contributed by atoms with Gasteiger partial charge in [-0.3, -0.25) is 9.36 Å². The smallest absolute Gasteiger partial charge is 0.218 e. The predicted octanol–water partition coefficient (Wildman–Crippen LogP) is 2.74. The summed E-state index contributed by atoms with van der Waals surface area (Å²) < 4.78 is 14.9. The van der Waals surface area contributed by atoms with Gasteiger partial charge in [0.25, 0.3) is 0 Å². The lowest BCUT2D eigenvalue weighted by molar-refractivity contribution is -0.156. The van der Waals surface area contributed by atoms with Crippen molar-refractivity contribution in [2.45, 2.75) is 31.0 Å². The Balaban J connectivity index is 1.65. The fourth-order valence-corrected chi connectivity index (χ4v) is 4.24. The van der Waals surface area contributed by atoms with Gasteiger partial charge in [-0.15, -0.1) is 0 Å². The van der Waals surface area contributed by atoms with Gasteiger partial charge in [0.1, 0.15) is 12.2 Å². The first-order valence-electron chi connectivity index (χ1n) is 9.43. The summed E-state index contributed by atoms with van der Waals surface area (Å²) in [6.07, 6.45) is -1.83. The maximum Gasteiger partial charge on any atom is 0.218 e. The van der Waals surface area contributed by atoms with Crippen LogP contribution < -0.4 is 0 Å². The van der Waals surface area contributed by atoms with Crippen molar-refractivity contribution in [1.82, 2.24) is 14.3 Å². The van der Waals surface area contributed by atoms with E-state index in [1.165, 1.54) is 0 Å². The van der Waals surface area contributed by atoms with Crippen LogP contribution in [0.4, 0.5) is 0 Å². The number of aliphatic hydroxyl groups excluding tert-OH is 1. The van der Waals surface area contributed by atoms with E-state index in [4.69, 9.17) is 21.7 Å². The van der Waals surface area contributed by atoms with Crippen molar-refractivity contribution in [2.24, 2.45) is 0 Å². The number of aliphatic hydroxyl groups is 1. The van der Waals surface area contributed by atoms with Gasteiger partial charge in [0.2, 0.25) is 11.1 Å². The molecule has 148 valence electrons. The molecule has 0 radical (unpaired) electrons. The highest BCUT2D eigenvalue weighted by molar-refractivity contribution is 7.71. The Kier molecular flexibility index (Phi) is 4.63. The number of rotatable bonds is 4. The Morgan fingerprint density at radius 2 is 1.79 bits per heavy atom. The molecule has 5 rings (SSSR count). The number of benzene rings is 2. The minimum absolute atomic E-state index is 0.120. The second kappa shape index (κ2) is 7.31. The van der Waals surface area contributed by atoms with Gasteiger partial charge < -0.3 is 14.6 Å². The molecule has 2 aromatic carbocycles. The predicted molar refractivity (Wildman–Crippen MR) is 106 cm³/mol. The van der Waals surface area contributed by atoms with Crippen LogP contribution in [0.15, 0.2) is 60.7 Å². The minimum Gasteiger partial charge on any atom is -0.380 e. The molecular weight excluding hydrogens is 390 g/mol. The molecular formula is C21H19N3O4S. The monoisotopic (exact) mass is 409 g/mol. The summed E-state index contributed by atoms with van der Waals surface area (Å²) in [5.41, 5.74) is 1.49. The average Bonchev–Trinajstić information content (AvgIpc) is 3.34. The minimum atomic E-state index is -0.979. The van der Waals surface area contributed by atoms with Crippen LogP contribution in [0.2, 0.25) is 0 Å². The molecule has 2 aliphatic heterocycles. The molecule has 4 unspecified atom stereocenters. The van der Waals surface area contributed by atoms with Crippen LogP contribution in [0, 0.1) is 4.77 Å². The summed E-state index contributed by atoms with van der Waals surface area (Å²) in [4.78, 5) is 12.3. The number of carbonyl (C=O) groups is 1. The maximum absolute atomic E-state index is 12.3. The fourth-order valence-electron chi connectivity index (χ4n) is 3.86. The molecule has 3 heterocycles. The lowest BCUT2D eigenvalue weighted by atomic mass is 10.0. The van der Waals surface area contributed by atoms with E-state index in [1.807, 2.05) is 60.7 Å². The maximum atomic E-state index is 12.3. The average molecular weight is 409 g/mol. The van der Waals surface area contributed by atoms with E-state index in [0.29, 0.717) is 22.8 Å². The first kappa shape index (κ1) is 18.4. The Hall–Kier alpha value is -2.65. The van der Waals surface area contributed by atoms with Gasteiger partial charge in [0.05, 0.1) is 12.6 Å². The fraction of sp³-hybridized carbons (Fsp3) is 0.286. The molecule has 8 heteroatoms. The molecule has 7 nitrogen and oxygen atoms in total. The number of Topliss-reactive ketones (excluding diaryl/α,β-unsaturated/α-hetero) is 1. The Labute approximate surface area is 172 Å². The van der Waals surface area contributed by atoms with E-state index in [-0.39, 0.29) is 24.3 Å². The second-order valence-corrected chi connectivity index (χ2v) is 7.51. The summed E-state index contributed by atoms with van der Waals surface area (Å²) >= 11 is 5.74. The van der Waals surface area contributed by atoms with E-state index in [1.54, 1.807) is 9.25 Å². The van der Waals surface area contributed by atoms with Gasteiger partial charge in [-0.25, -0.2) is 4.68 Å². The van der Waals surface area contributed by atoms with E-state index in [2.05, 4.69) is 5.10 Å². The molecule has 0 amide bonds. The molecule has 2 saturated heterocycles. The number of hydrogen-bond acceptors (Lipinski definition) is 6. The van der Waals surface area contributed by atoms with Crippen LogP contribution in [0.3, 0.4) is 0 Å². The van der Waals surface area contributed by atoms with Crippen LogP contribution in [0.1, 0.15) is 30.0 Å². The van der Waals surface area contributed by atoms with E-state index >= 15 is 0 Å². The van der Waals surface area contributed by atoms with Gasteiger partial charge in [0, 0.05) is 12.1 Å². The largest absolute Gasteiger partial charge is 0.380 e. The van der Waals surface area contributed by atoms with E-state index in [9.17, 15) is 9.90 Å². The quantitative estimate of drug-likeness (QED) is 0.668. The van der Waals surface area contributed by atoms with Crippen LogP contribution in [0.25, 0.3) is 5.69 Å². The summed E-state index contributed by atoms with van der Waals surface area (Å²) in [6, 6.07) is 18.4. The summed E-state index contributed by atoms with van der Waals surface area (Å²) in [5, 5.41) is 15.8. The third kappa shape index (κ3) is 3.14. The normalized spacial score (nSPS) is 24.6. The van der Waals surface area contributed by atoms with Gasteiger partial charge in [-0.2, -0.15) is 5.10 Å². The molecule has 1 N–H and O–H groups in total. The Morgan fingerprint density at radius 3 is 2.52 bits per heavy atom. The number of ether oxygens (including phenoxy) is 2. The number of para-hydroxylation sites is 1. The van der Waals surface area contributed by atoms with E-state index in [0.717, 1.165) is 5.69 Å². The van der Waals surface area contributed by atoms with Crippen molar-refractivity contribution < 1.29 is 19.4 Å². The van der Waals surface area contributed by atoms with Gasteiger partial charge in [-0.1, -0.05) is 48.5 Å². The number of ketones is 1. The zero-order valence-corrected chi connectivity index (χ0v) is 16.2. The summed E-state index contributed by atoms with van der Waals surface area (Å²) in [5.74, 6) is 0.269. The highest BCUT2D eigenvalue weighted by Crippen LogP contribution is 2.34. The summed E-state index contributed by atoms with van der Waals surface area (Å²) in [6.45, 7) is 0.317. The van der Waals surface area contributed by atoms with Crippen LogP contribution in [0.5, 0.6) is 0 Å². The number of carbonyl (C=O) groups excluding carboxylic acids is 1. The Morgan fingerprint density at radius 1 is 1.10 bits per heavy atom. The van der Waals surface area contributed by atoms with Gasteiger partial charge >= 0.3 is 0 Å². The molecule has 29 heavy (non-hydrogen) atoms. The number of aromatic nitrogens is 3. The van der Waals surface area contributed by atoms with Gasteiger partial charge in [-0.05, 0) is 29.9 Å². The lowest BCUT2D eigenvalue weighted by Crippen LogP contribution is -2.37. The molecule has 3 aromatic rings. The number of nitrogens with zero attached hydrogens (tertiary/aromatic N) is 3. The molecule has 0 spiro atoms. The first-order valence-corrected chi connectivity index (χ1v) is 9.84.